The van der Waals surface area contributed by atoms with Crippen molar-refractivity contribution in [1.29, 1.82) is 0 Å². The van der Waals surface area contributed by atoms with E-state index in [1.165, 1.54) is 17.4 Å². The highest BCUT2D eigenvalue weighted by Gasteiger charge is 2.20. The van der Waals surface area contributed by atoms with Crippen molar-refractivity contribution in [2.24, 2.45) is 0 Å². The molecule has 0 saturated carbocycles. The third-order valence-corrected chi connectivity index (χ3v) is 3.22. The van der Waals surface area contributed by atoms with Crippen LogP contribution in [0.15, 0.2) is 35.0 Å². The van der Waals surface area contributed by atoms with Gasteiger partial charge in [-0.1, -0.05) is 6.08 Å². The molecular weight excluding hydrogens is 282 g/mol. The first-order valence-corrected chi connectivity index (χ1v) is 6.38. The first-order valence-electron chi connectivity index (χ1n) is 5.44. The molecule has 102 valence electrons. The smallest absolute Gasteiger partial charge is 0.315 e. The summed E-state index contributed by atoms with van der Waals surface area (Å²) in [6.07, 6.45) is 2.81. The van der Waals surface area contributed by atoms with Crippen molar-refractivity contribution in [1.82, 2.24) is 0 Å². The minimum atomic E-state index is -0.867. The van der Waals surface area contributed by atoms with Crippen LogP contribution in [0.2, 0.25) is 0 Å². The average Bonchev–Trinajstić information content (AvgIpc) is 2.91. The third-order valence-electron chi connectivity index (χ3n) is 2.52. The number of allylic oxidation sites excluding steroid dienone is 1. The molecule has 0 saturated heterocycles. The van der Waals surface area contributed by atoms with Crippen molar-refractivity contribution in [2.75, 3.05) is 0 Å². The van der Waals surface area contributed by atoms with Crippen LogP contribution in [-0.4, -0.2) is 20.9 Å². The number of carbonyl (C=O) groups is 1. The van der Waals surface area contributed by atoms with E-state index in [0.29, 0.717) is 0 Å². The van der Waals surface area contributed by atoms with Crippen LogP contribution in [0.4, 0.5) is 5.69 Å². The van der Waals surface area contributed by atoms with E-state index in [9.17, 15) is 25.1 Å². The number of hydrogen-bond acceptors (Lipinski definition) is 6. The summed E-state index contributed by atoms with van der Waals surface area (Å²) in [6.45, 7) is 0. The Kier molecular flexibility index (Phi) is 3.81. The first-order chi connectivity index (χ1) is 9.49. The lowest BCUT2D eigenvalue weighted by molar-refractivity contribution is -0.386. The van der Waals surface area contributed by atoms with E-state index in [-0.39, 0.29) is 5.56 Å². The Morgan fingerprint density at radius 1 is 1.35 bits per heavy atom. The number of ketones is 1. The molecule has 0 aliphatic heterocycles. The molecule has 7 heteroatoms. The van der Waals surface area contributed by atoms with Crippen LogP contribution in [0, 0.1) is 10.1 Å². The standard InChI is InChI=1S/C13H9NO5S/c15-11(2-1-8-3-4-20-7-8)9-5-10(14(18)19)13(17)12(16)6-9/h1-7,16-17H/b2-1+. The number of nitrogens with zero attached hydrogens (tertiary/aromatic N) is 1. The van der Waals surface area contributed by atoms with Gasteiger partial charge in [0.25, 0.3) is 0 Å². The maximum atomic E-state index is 11.9. The van der Waals surface area contributed by atoms with Gasteiger partial charge in [0.15, 0.2) is 11.5 Å². The molecule has 1 heterocycles. The summed E-state index contributed by atoms with van der Waals surface area (Å²) in [5.74, 6) is -2.06. The van der Waals surface area contributed by atoms with E-state index >= 15 is 0 Å². The molecule has 0 unspecified atom stereocenters. The second kappa shape index (κ2) is 5.54. The number of phenols is 2. The number of carbonyl (C=O) groups excluding carboxylic acids is 1. The Balaban J connectivity index is 2.33. The summed E-state index contributed by atoms with van der Waals surface area (Å²) in [5, 5.41) is 33.1. The highest BCUT2D eigenvalue weighted by Crippen LogP contribution is 2.36. The number of nitro benzene ring substituents is 1. The van der Waals surface area contributed by atoms with Gasteiger partial charge in [0.1, 0.15) is 0 Å². The summed E-state index contributed by atoms with van der Waals surface area (Å²) in [5.41, 5.74) is 0.0524. The van der Waals surface area contributed by atoms with E-state index in [2.05, 4.69) is 0 Å². The molecule has 6 nitrogen and oxygen atoms in total. The molecule has 20 heavy (non-hydrogen) atoms. The van der Waals surface area contributed by atoms with Crippen molar-refractivity contribution in [2.45, 2.75) is 0 Å². The molecule has 0 atom stereocenters. The fraction of sp³-hybridized carbons (Fsp3) is 0. The second-order valence-corrected chi connectivity index (χ2v) is 4.65. The van der Waals surface area contributed by atoms with Gasteiger partial charge in [0.2, 0.25) is 5.75 Å². The fourth-order valence-corrected chi connectivity index (χ4v) is 2.15. The summed E-state index contributed by atoms with van der Waals surface area (Å²) in [7, 11) is 0. The fourth-order valence-electron chi connectivity index (χ4n) is 1.52. The number of thiophene rings is 1. The summed E-state index contributed by atoms with van der Waals surface area (Å²) in [4.78, 5) is 21.7. The van der Waals surface area contributed by atoms with Gasteiger partial charge in [-0.2, -0.15) is 11.3 Å². The molecule has 0 spiro atoms. The lowest BCUT2D eigenvalue weighted by atomic mass is 10.1. The van der Waals surface area contributed by atoms with Gasteiger partial charge in [-0.25, -0.2) is 0 Å². The van der Waals surface area contributed by atoms with Crippen LogP contribution in [0.1, 0.15) is 15.9 Å². The number of aromatic hydroxyl groups is 2. The Hall–Kier alpha value is -2.67. The Labute approximate surface area is 117 Å². The van der Waals surface area contributed by atoms with Crippen LogP contribution >= 0.6 is 11.3 Å². The highest BCUT2D eigenvalue weighted by molar-refractivity contribution is 7.08. The lowest BCUT2D eigenvalue weighted by Gasteiger charge is -2.02. The minimum Gasteiger partial charge on any atom is -0.504 e. The summed E-state index contributed by atoms with van der Waals surface area (Å²) < 4.78 is 0. The van der Waals surface area contributed by atoms with Crippen molar-refractivity contribution >= 4 is 28.9 Å². The van der Waals surface area contributed by atoms with Crippen molar-refractivity contribution < 1.29 is 19.9 Å². The minimum absolute atomic E-state index is 0.0709. The third kappa shape index (κ3) is 2.83. The van der Waals surface area contributed by atoms with Gasteiger partial charge in [0.05, 0.1) is 4.92 Å². The van der Waals surface area contributed by atoms with Gasteiger partial charge >= 0.3 is 5.69 Å². The quantitative estimate of drug-likeness (QED) is 0.296. The van der Waals surface area contributed by atoms with Crippen LogP contribution in [-0.2, 0) is 0 Å². The molecule has 0 amide bonds. The van der Waals surface area contributed by atoms with Crippen LogP contribution in [0.25, 0.3) is 6.08 Å². The zero-order valence-electron chi connectivity index (χ0n) is 10.0. The van der Waals surface area contributed by atoms with Crippen molar-refractivity contribution in [3.05, 3.63) is 56.3 Å². The molecule has 1 aromatic carbocycles. The van der Waals surface area contributed by atoms with E-state index in [4.69, 9.17) is 0 Å². The number of hydrogen-bond donors (Lipinski definition) is 2. The van der Waals surface area contributed by atoms with Crippen molar-refractivity contribution in [3.8, 4) is 11.5 Å². The molecule has 0 bridgehead atoms. The predicted molar refractivity (Wildman–Crippen MR) is 74.1 cm³/mol. The van der Waals surface area contributed by atoms with E-state index < -0.39 is 27.9 Å². The number of rotatable bonds is 4. The number of benzene rings is 1. The van der Waals surface area contributed by atoms with Gasteiger partial charge in [-0.15, -0.1) is 0 Å². The second-order valence-electron chi connectivity index (χ2n) is 3.87. The Morgan fingerprint density at radius 2 is 2.10 bits per heavy atom. The molecule has 0 aliphatic carbocycles. The van der Waals surface area contributed by atoms with Crippen LogP contribution < -0.4 is 0 Å². The van der Waals surface area contributed by atoms with Gasteiger partial charge in [0, 0.05) is 11.6 Å². The lowest BCUT2D eigenvalue weighted by Crippen LogP contribution is -1.97. The maximum absolute atomic E-state index is 11.9. The zero-order chi connectivity index (χ0) is 14.7. The Bertz CT molecular complexity index is 691. The van der Waals surface area contributed by atoms with E-state index in [0.717, 1.165) is 17.7 Å². The van der Waals surface area contributed by atoms with Gasteiger partial charge in [-0.3, -0.25) is 14.9 Å². The molecule has 0 fully saturated rings. The molecule has 1 aromatic heterocycles. The summed E-state index contributed by atoms with van der Waals surface area (Å²) >= 11 is 1.47. The van der Waals surface area contributed by atoms with Gasteiger partial charge < -0.3 is 10.2 Å². The zero-order valence-corrected chi connectivity index (χ0v) is 10.8. The molecule has 0 radical (unpaired) electrons. The van der Waals surface area contributed by atoms with Gasteiger partial charge in [-0.05, 0) is 34.5 Å². The van der Waals surface area contributed by atoms with Crippen molar-refractivity contribution in [3.63, 3.8) is 0 Å². The van der Waals surface area contributed by atoms with Crippen LogP contribution in [0.3, 0.4) is 0 Å². The molecular formula is C13H9NO5S. The normalized spacial score (nSPS) is 10.8. The predicted octanol–water partition coefficient (Wildman–Crippen LogP) is 2.96. The first kappa shape index (κ1) is 13.8. The average molecular weight is 291 g/mol. The van der Waals surface area contributed by atoms with Crippen LogP contribution in [0.5, 0.6) is 11.5 Å². The monoisotopic (exact) mass is 291 g/mol. The highest BCUT2D eigenvalue weighted by atomic mass is 32.1. The summed E-state index contributed by atoms with van der Waals surface area (Å²) in [6, 6.07) is 3.73. The van der Waals surface area contributed by atoms with E-state index in [1.807, 2.05) is 16.8 Å². The number of phenolic OH excluding ortho intramolecular Hbond substituents is 2. The molecule has 2 rings (SSSR count). The van der Waals surface area contributed by atoms with E-state index in [1.54, 1.807) is 6.08 Å². The SMILES string of the molecule is O=C(/C=C/c1ccsc1)c1cc(O)c(O)c([N+](=O)[O-])c1. The topological polar surface area (TPSA) is 101 Å². The largest absolute Gasteiger partial charge is 0.504 e. The Morgan fingerprint density at radius 3 is 2.70 bits per heavy atom. The maximum Gasteiger partial charge on any atom is 0.315 e. The molecule has 2 N–H and O–H groups in total. The molecule has 2 aromatic rings. The molecule has 0 aliphatic rings. The number of nitro groups is 1.